The van der Waals surface area contributed by atoms with E-state index < -0.39 is 0 Å². The summed E-state index contributed by atoms with van der Waals surface area (Å²) in [5.74, 6) is 1.21. The van der Waals surface area contributed by atoms with E-state index in [0.29, 0.717) is 43.0 Å². The predicted molar refractivity (Wildman–Crippen MR) is 135 cm³/mol. The highest BCUT2D eigenvalue weighted by Gasteiger charge is 2.30. The molecule has 5 heterocycles. The van der Waals surface area contributed by atoms with Crippen LogP contribution in [-0.2, 0) is 0 Å². The third kappa shape index (κ3) is 5.40. The first-order valence-electron chi connectivity index (χ1n) is 11.5. The number of aromatic amines is 1. The van der Waals surface area contributed by atoms with Gasteiger partial charge in [0.05, 0.1) is 5.01 Å². The number of carbonyl (C=O) groups is 2. The van der Waals surface area contributed by atoms with Crippen molar-refractivity contribution >= 4 is 46.8 Å². The topological polar surface area (TPSA) is 123 Å². The molecule has 0 spiro atoms. The molecule has 3 aromatic rings. The largest absolute Gasteiger partial charge is 0.353 e. The number of thiazole rings is 1. The van der Waals surface area contributed by atoms with Gasteiger partial charge in [-0.25, -0.2) is 19.9 Å². The van der Waals surface area contributed by atoms with Gasteiger partial charge >= 0.3 is 6.03 Å². The van der Waals surface area contributed by atoms with Crippen LogP contribution in [0.4, 0.5) is 16.6 Å². The number of amides is 3. The van der Waals surface area contributed by atoms with Crippen LogP contribution in [0.2, 0.25) is 0 Å². The van der Waals surface area contributed by atoms with E-state index in [4.69, 9.17) is 0 Å². The van der Waals surface area contributed by atoms with Gasteiger partial charge < -0.3 is 14.7 Å². The molecule has 0 atom stereocenters. The van der Waals surface area contributed by atoms with Crippen LogP contribution in [0.3, 0.4) is 0 Å². The maximum absolute atomic E-state index is 13.1. The van der Waals surface area contributed by atoms with E-state index in [1.54, 1.807) is 11.6 Å². The van der Waals surface area contributed by atoms with Gasteiger partial charge in [-0.2, -0.15) is 4.98 Å². The molecule has 2 saturated heterocycles. The second kappa shape index (κ2) is 10.6. The molecule has 2 aliphatic rings. The molecule has 5 rings (SSSR count). The summed E-state index contributed by atoms with van der Waals surface area (Å²) in [6.07, 6.45) is 5.34. The minimum absolute atomic E-state index is 0.111. The third-order valence-electron chi connectivity index (χ3n) is 6.27. The Morgan fingerprint density at radius 1 is 1.09 bits per heavy atom. The zero-order valence-corrected chi connectivity index (χ0v) is 21.0. The number of nitrogens with one attached hydrogen (secondary N) is 2. The first-order valence-corrected chi connectivity index (χ1v) is 13.6. The SMILES string of the molecule is CSc1n[nH]c(NC(=O)c2csc(C3CCN(C(=O)N4CCN(c5ccccn5)CC4)CC3)n2)n1. The summed E-state index contributed by atoms with van der Waals surface area (Å²) < 4.78 is 0. The van der Waals surface area contributed by atoms with Crippen LogP contribution in [0.1, 0.15) is 34.3 Å². The Morgan fingerprint density at radius 3 is 2.54 bits per heavy atom. The van der Waals surface area contributed by atoms with Crippen molar-refractivity contribution in [1.29, 1.82) is 0 Å². The summed E-state index contributed by atoms with van der Waals surface area (Å²) in [5.41, 5.74) is 0.372. The lowest BCUT2D eigenvalue weighted by Crippen LogP contribution is -2.54. The molecule has 184 valence electrons. The van der Waals surface area contributed by atoms with E-state index in [-0.39, 0.29) is 17.9 Å². The van der Waals surface area contributed by atoms with Crippen molar-refractivity contribution in [3.8, 4) is 0 Å². The van der Waals surface area contributed by atoms with Gasteiger partial charge in [-0.3, -0.25) is 10.1 Å². The van der Waals surface area contributed by atoms with Gasteiger partial charge in [0.1, 0.15) is 11.5 Å². The summed E-state index contributed by atoms with van der Waals surface area (Å²) >= 11 is 2.88. The minimum Gasteiger partial charge on any atom is -0.353 e. The third-order valence-corrected chi connectivity index (χ3v) is 7.83. The fourth-order valence-corrected chi connectivity index (χ4v) is 5.62. The molecule has 3 aromatic heterocycles. The molecule has 3 amide bonds. The number of piperazine rings is 1. The second-order valence-corrected chi connectivity index (χ2v) is 10.1. The van der Waals surface area contributed by atoms with Crippen molar-refractivity contribution in [1.82, 2.24) is 34.9 Å². The Labute approximate surface area is 211 Å². The molecular weight excluding hydrogens is 486 g/mol. The Morgan fingerprint density at radius 2 is 1.86 bits per heavy atom. The van der Waals surface area contributed by atoms with Crippen molar-refractivity contribution in [2.75, 3.05) is 55.7 Å². The number of likely N-dealkylation sites (tertiary alicyclic amines) is 1. The van der Waals surface area contributed by atoms with Gasteiger partial charge in [0.25, 0.3) is 5.91 Å². The van der Waals surface area contributed by atoms with Gasteiger partial charge in [-0.1, -0.05) is 17.8 Å². The number of anilines is 2. The number of rotatable bonds is 5. The number of piperidine rings is 1. The summed E-state index contributed by atoms with van der Waals surface area (Å²) in [6, 6.07) is 6.01. The van der Waals surface area contributed by atoms with Gasteiger partial charge in [0.2, 0.25) is 11.1 Å². The second-order valence-electron chi connectivity index (χ2n) is 8.40. The lowest BCUT2D eigenvalue weighted by atomic mass is 9.98. The molecule has 13 heteroatoms. The van der Waals surface area contributed by atoms with Crippen molar-refractivity contribution in [2.45, 2.75) is 23.9 Å². The minimum atomic E-state index is -0.311. The Kier molecular flexibility index (Phi) is 7.13. The molecule has 11 nitrogen and oxygen atoms in total. The van der Waals surface area contributed by atoms with Crippen LogP contribution in [0, 0.1) is 0 Å². The molecule has 2 fully saturated rings. The number of thioether (sulfide) groups is 1. The maximum Gasteiger partial charge on any atom is 0.320 e. The van der Waals surface area contributed by atoms with Crippen LogP contribution in [-0.4, -0.2) is 92.4 Å². The van der Waals surface area contributed by atoms with Crippen LogP contribution in [0.5, 0.6) is 0 Å². The van der Waals surface area contributed by atoms with Crippen molar-refractivity contribution < 1.29 is 9.59 Å². The number of urea groups is 1. The van der Waals surface area contributed by atoms with E-state index >= 15 is 0 Å². The smallest absolute Gasteiger partial charge is 0.320 e. The Balaban J connectivity index is 1.10. The summed E-state index contributed by atoms with van der Waals surface area (Å²) in [7, 11) is 0. The number of carbonyl (C=O) groups excluding carboxylic acids is 2. The number of H-pyrrole nitrogens is 1. The fraction of sp³-hybridized carbons (Fsp3) is 0.455. The maximum atomic E-state index is 13.1. The number of hydrogen-bond donors (Lipinski definition) is 2. The Bertz CT molecular complexity index is 1150. The van der Waals surface area contributed by atoms with Crippen LogP contribution >= 0.6 is 23.1 Å². The molecule has 0 bridgehead atoms. The molecule has 0 aromatic carbocycles. The van der Waals surface area contributed by atoms with Crippen LogP contribution in [0.25, 0.3) is 0 Å². The first kappa shape index (κ1) is 23.5. The van der Waals surface area contributed by atoms with Gasteiger partial charge in [-0.05, 0) is 31.2 Å². The first-order chi connectivity index (χ1) is 17.1. The number of nitrogens with zero attached hydrogens (tertiary/aromatic N) is 7. The monoisotopic (exact) mass is 513 g/mol. The van der Waals surface area contributed by atoms with E-state index in [2.05, 4.69) is 35.4 Å². The van der Waals surface area contributed by atoms with E-state index in [0.717, 1.165) is 36.8 Å². The lowest BCUT2D eigenvalue weighted by Gasteiger charge is -2.39. The molecular formula is C22H27N9O2S2. The highest BCUT2D eigenvalue weighted by molar-refractivity contribution is 7.98. The Hall–Kier alpha value is -3.19. The predicted octanol–water partition coefficient (Wildman–Crippen LogP) is 2.75. The van der Waals surface area contributed by atoms with E-state index in [1.165, 1.54) is 23.1 Å². The normalized spacial score (nSPS) is 17.0. The quantitative estimate of drug-likeness (QED) is 0.499. The molecule has 0 radical (unpaired) electrons. The number of hydrogen-bond acceptors (Lipinski definition) is 9. The summed E-state index contributed by atoms with van der Waals surface area (Å²) in [5, 5.41) is 12.7. The standard InChI is InChI=1S/C22H27N9O2S2/c1-34-21-26-20(27-28-21)25-18(32)16-14-35-19(24-16)15-5-8-30(9-6-15)22(33)31-12-10-29(11-13-31)17-4-2-3-7-23-17/h2-4,7,14-15H,5-6,8-13H2,1H3,(H2,25,26,27,28,32). The zero-order valence-electron chi connectivity index (χ0n) is 19.4. The lowest BCUT2D eigenvalue weighted by molar-refractivity contribution is 0.102. The molecule has 35 heavy (non-hydrogen) atoms. The van der Waals surface area contributed by atoms with Gasteiger partial charge in [0.15, 0.2) is 0 Å². The average molecular weight is 514 g/mol. The van der Waals surface area contributed by atoms with Crippen LogP contribution in [0.15, 0.2) is 34.9 Å². The molecule has 0 saturated carbocycles. The fourth-order valence-electron chi connectivity index (χ4n) is 4.33. The number of aromatic nitrogens is 5. The van der Waals surface area contributed by atoms with Crippen molar-refractivity contribution in [3.05, 3.63) is 40.5 Å². The molecule has 0 unspecified atom stereocenters. The van der Waals surface area contributed by atoms with Crippen LogP contribution < -0.4 is 10.2 Å². The van der Waals surface area contributed by atoms with Gasteiger partial charge in [-0.15, -0.1) is 16.4 Å². The van der Waals surface area contributed by atoms with Crippen molar-refractivity contribution in [2.24, 2.45) is 0 Å². The highest BCUT2D eigenvalue weighted by Crippen LogP contribution is 2.31. The van der Waals surface area contributed by atoms with E-state index in [9.17, 15) is 9.59 Å². The molecule has 0 aliphatic carbocycles. The average Bonchev–Trinajstić information content (AvgIpc) is 3.59. The summed E-state index contributed by atoms with van der Waals surface area (Å²) in [4.78, 5) is 44.8. The number of pyridine rings is 1. The van der Waals surface area contributed by atoms with E-state index in [1.807, 2.05) is 34.3 Å². The molecule has 2 N–H and O–H groups in total. The van der Waals surface area contributed by atoms with Crippen molar-refractivity contribution in [3.63, 3.8) is 0 Å². The molecule has 2 aliphatic heterocycles. The summed E-state index contributed by atoms with van der Waals surface area (Å²) in [6.45, 7) is 4.36. The highest BCUT2D eigenvalue weighted by atomic mass is 32.2. The van der Waals surface area contributed by atoms with Gasteiger partial charge in [0, 0.05) is 56.8 Å². The zero-order chi connectivity index (χ0) is 24.2.